The predicted molar refractivity (Wildman–Crippen MR) is 51.8 cm³/mol. The molecule has 0 aliphatic rings. The van der Waals surface area contributed by atoms with Gasteiger partial charge in [-0.05, 0) is 19.9 Å². The Balaban J connectivity index is 2.72. The number of nitrogens with zero attached hydrogens (tertiary/aromatic N) is 2. The van der Waals surface area contributed by atoms with Crippen LogP contribution in [0.15, 0.2) is 10.7 Å². The molecule has 0 atom stereocenters. The van der Waals surface area contributed by atoms with E-state index < -0.39 is 6.03 Å². The van der Waals surface area contributed by atoms with Crippen molar-refractivity contribution in [2.45, 2.75) is 13.3 Å². The molecular weight excluding hydrogens is 184 g/mol. The molecule has 0 fully saturated rings. The van der Waals surface area contributed by atoms with Crippen molar-refractivity contribution in [3.63, 3.8) is 0 Å². The summed E-state index contributed by atoms with van der Waals surface area (Å²) in [7, 11) is 0. The van der Waals surface area contributed by atoms with Gasteiger partial charge in [0.25, 0.3) is 0 Å². The first-order valence-electron chi connectivity index (χ1n) is 4.34. The monoisotopic (exact) mass is 198 g/mol. The highest BCUT2D eigenvalue weighted by Gasteiger charge is 2.16. The van der Waals surface area contributed by atoms with Crippen LogP contribution in [-0.2, 0) is 0 Å². The van der Waals surface area contributed by atoms with Crippen LogP contribution in [0.1, 0.15) is 12.1 Å². The Kier molecular flexibility index (Phi) is 3.47. The molecule has 0 saturated heterocycles. The number of aryl methyl sites for hydroxylation is 1. The average Bonchev–Trinajstić information content (AvgIpc) is 2.52. The number of anilines is 1. The summed E-state index contributed by atoms with van der Waals surface area (Å²) in [5, 5.41) is 0. The van der Waals surface area contributed by atoms with Crippen molar-refractivity contribution in [2.24, 2.45) is 11.5 Å². The third-order valence-corrected chi connectivity index (χ3v) is 1.69. The van der Waals surface area contributed by atoms with Gasteiger partial charge < -0.3 is 15.9 Å². The second kappa shape index (κ2) is 4.61. The molecule has 0 radical (unpaired) electrons. The number of carbonyl (C=O) groups excluding carboxylic acids is 1. The summed E-state index contributed by atoms with van der Waals surface area (Å²) in [5.41, 5.74) is 11.2. The number of nitrogens with two attached hydrogens (primary N) is 2. The summed E-state index contributed by atoms with van der Waals surface area (Å²) in [6.45, 7) is 2.68. The molecular formula is C8H14N4O2. The van der Waals surface area contributed by atoms with Gasteiger partial charge in [-0.15, -0.1) is 0 Å². The molecule has 0 aliphatic carbocycles. The summed E-state index contributed by atoms with van der Waals surface area (Å²) in [6.07, 6.45) is 2.12. The van der Waals surface area contributed by atoms with Crippen molar-refractivity contribution in [3.8, 4) is 0 Å². The summed E-state index contributed by atoms with van der Waals surface area (Å²) in [4.78, 5) is 16.3. The Morgan fingerprint density at radius 1 is 1.71 bits per heavy atom. The number of hydrogen-bond acceptors (Lipinski definition) is 4. The van der Waals surface area contributed by atoms with E-state index in [1.54, 1.807) is 6.92 Å². The van der Waals surface area contributed by atoms with Crippen molar-refractivity contribution in [1.29, 1.82) is 0 Å². The van der Waals surface area contributed by atoms with Crippen molar-refractivity contribution >= 4 is 12.0 Å². The van der Waals surface area contributed by atoms with E-state index in [1.165, 1.54) is 11.2 Å². The normalized spacial score (nSPS) is 10.1. The van der Waals surface area contributed by atoms with Crippen LogP contribution in [-0.4, -0.2) is 24.1 Å². The van der Waals surface area contributed by atoms with Crippen molar-refractivity contribution < 1.29 is 9.21 Å². The zero-order valence-corrected chi connectivity index (χ0v) is 8.06. The number of carbonyl (C=O) groups is 1. The predicted octanol–water partition coefficient (Wildman–Crippen LogP) is 0.217. The Bertz CT molecular complexity index is 310. The SMILES string of the molecule is Cc1coc(N(CCCN)C(N)=O)n1. The van der Waals surface area contributed by atoms with Gasteiger partial charge in [0.1, 0.15) is 6.26 Å². The zero-order chi connectivity index (χ0) is 10.6. The molecule has 1 aromatic rings. The third-order valence-electron chi connectivity index (χ3n) is 1.69. The molecule has 78 valence electrons. The van der Waals surface area contributed by atoms with Gasteiger partial charge in [0.15, 0.2) is 0 Å². The van der Waals surface area contributed by atoms with Gasteiger partial charge in [-0.2, -0.15) is 4.98 Å². The fourth-order valence-electron chi connectivity index (χ4n) is 1.02. The van der Waals surface area contributed by atoms with E-state index in [4.69, 9.17) is 15.9 Å². The van der Waals surface area contributed by atoms with E-state index in [-0.39, 0.29) is 6.01 Å². The molecule has 1 rings (SSSR count). The standard InChI is InChI=1S/C8H14N4O2/c1-6-5-14-8(11-6)12(7(10)13)4-2-3-9/h5H,2-4,9H2,1H3,(H2,10,13). The van der Waals surface area contributed by atoms with Crippen LogP contribution in [0.4, 0.5) is 10.8 Å². The number of rotatable bonds is 4. The van der Waals surface area contributed by atoms with Gasteiger partial charge in [-0.25, -0.2) is 9.69 Å². The second-order valence-corrected chi connectivity index (χ2v) is 2.90. The second-order valence-electron chi connectivity index (χ2n) is 2.90. The average molecular weight is 198 g/mol. The Morgan fingerprint density at radius 2 is 2.43 bits per heavy atom. The lowest BCUT2D eigenvalue weighted by Crippen LogP contribution is -2.37. The van der Waals surface area contributed by atoms with Gasteiger partial charge in [-0.3, -0.25) is 0 Å². The maximum Gasteiger partial charge on any atom is 0.322 e. The first-order chi connectivity index (χ1) is 6.65. The Morgan fingerprint density at radius 3 is 2.86 bits per heavy atom. The first kappa shape index (κ1) is 10.5. The molecule has 4 N–H and O–H groups in total. The lowest BCUT2D eigenvalue weighted by atomic mass is 10.4. The van der Waals surface area contributed by atoms with Crippen LogP contribution in [0.2, 0.25) is 0 Å². The largest absolute Gasteiger partial charge is 0.431 e. The highest BCUT2D eigenvalue weighted by molar-refractivity contribution is 5.88. The van der Waals surface area contributed by atoms with Crippen LogP contribution in [0.5, 0.6) is 0 Å². The third kappa shape index (κ3) is 2.46. The minimum absolute atomic E-state index is 0.225. The Hall–Kier alpha value is -1.56. The van der Waals surface area contributed by atoms with Crippen LogP contribution in [0, 0.1) is 6.92 Å². The van der Waals surface area contributed by atoms with Crippen LogP contribution >= 0.6 is 0 Å². The smallest absolute Gasteiger partial charge is 0.322 e. The molecule has 0 unspecified atom stereocenters. The molecule has 14 heavy (non-hydrogen) atoms. The fourth-order valence-corrected chi connectivity index (χ4v) is 1.02. The Labute approximate surface area is 81.9 Å². The first-order valence-corrected chi connectivity index (χ1v) is 4.34. The van der Waals surface area contributed by atoms with Gasteiger partial charge in [0.2, 0.25) is 0 Å². The lowest BCUT2D eigenvalue weighted by Gasteiger charge is -2.14. The van der Waals surface area contributed by atoms with E-state index in [1.807, 2.05) is 0 Å². The number of oxazole rings is 1. The van der Waals surface area contributed by atoms with Gasteiger partial charge in [0.05, 0.1) is 5.69 Å². The molecule has 0 spiro atoms. The van der Waals surface area contributed by atoms with Crippen LogP contribution in [0.25, 0.3) is 0 Å². The quantitative estimate of drug-likeness (QED) is 0.722. The topological polar surface area (TPSA) is 98.4 Å². The van der Waals surface area contributed by atoms with E-state index in [9.17, 15) is 4.79 Å². The molecule has 0 saturated carbocycles. The summed E-state index contributed by atoms with van der Waals surface area (Å²) < 4.78 is 5.06. The lowest BCUT2D eigenvalue weighted by molar-refractivity contribution is 0.252. The van der Waals surface area contributed by atoms with E-state index in [0.717, 1.165) is 0 Å². The van der Waals surface area contributed by atoms with Gasteiger partial charge in [0, 0.05) is 6.54 Å². The molecule has 1 heterocycles. The summed E-state index contributed by atoms with van der Waals surface area (Å²) in [5.74, 6) is 0. The van der Waals surface area contributed by atoms with Crippen molar-refractivity contribution in [3.05, 3.63) is 12.0 Å². The van der Waals surface area contributed by atoms with E-state index in [2.05, 4.69) is 4.98 Å². The van der Waals surface area contributed by atoms with E-state index >= 15 is 0 Å². The molecule has 6 heteroatoms. The van der Waals surface area contributed by atoms with Gasteiger partial charge in [-0.1, -0.05) is 0 Å². The molecule has 2 amide bonds. The molecule has 6 nitrogen and oxygen atoms in total. The van der Waals surface area contributed by atoms with Crippen molar-refractivity contribution in [2.75, 3.05) is 18.0 Å². The summed E-state index contributed by atoms with van der Waals surface area (Å²) >= 11 is 0. The number of aromatic nitrogens is 1. The molecule has 0 aliphatic heterocycles. The highest BCUT2D eigenvalue weighted by atomic mass is 16.4. The molecule has 0 bridgehead atoms. The number of hydrogen-bond donors (Lipinski definition) is 2. The van der Waals surface area contributed by atoms with Crippen molar-refractivity contribution in [1.82, 2.24) is 4.98 Å². The minimum atomic E-state index is -0.583. The zero-order valence-electron chi connectivity index (χ0n) is 8.06. The maximum absolute atomic E-state index is 11.0. The van der Waals surface area contributed by atoms with Gasteiger partial charge >= 0.3 is 12.0 Å². The van der Waals surface area contributed by atoms with Crippen LogP contribution < -0.4 is 16.4 Å². The van der Waals surface area contributed by atoms with E-state index in [0.29, 0.717) is 25.2 Å². The number of primary amides is 1. The summed E-state index contributed by atoms with van der Waals surface area (Å²) in [6, 6.07) is -0.358. The highest BCUT2D eigenvalue weighted by Crippen LogP contribution is 2.12. The number of urea groups is 1. The molecule has 0 aromatic carbocycles. The molecule has 1 aromatic heterocycles. The maximum atomic E-state index is 11.0. The van der Waals surface area contributed by atoms with Crippen LogP contribution in [0.3, 0.4) is 0 Å². The number of amides is 2. The minimum Gasteiger partial charge on any atom is -0.431 e. The fraction of sp³-hybridized carbons (Fsp3) is 0.500.